The van der Waals surface area contributed by atoms with Crippen LogP contribution in [0.5, 0.6) is 0 Å². The van der Waals surface area contributed by atoms with Crippen molar-refractivity contribution < 1.29 is 0 Å². The van der Waals surface area contributed by atoms with Gasteiger partial charge in [-0.15, -0.1) is 5.10 Å². The van der Waals surface area contributed by atoms with Crippen LogP contribution in [0.15, 0.2) is 30.5 Å². The fraction of sp³-hybridized carbons (Fsp3) is 0.529. The minimum absolute atomic E-state index is 0.704. The molecule has 1 aromatic carbocycles. The second-order valence-electron chi connectivity index (χ2n) is 6.31. The number of nitrogens with one attached hydrogen (secondary N) is 1. The number of hydrogen-bond donors (Lipinski definition) is 1. The van der Waals surface area contributed by atoms with Gasteiger partial charge in [0.15, 0.2) is 5.82 Å². The summed E-state index contributed by atoms with van der Waals surface area (Å²) in [6, 6.07) is 9.14. The lowest BCUT2D eigenvalue weighted by Gasteiger charge is -2.36. The van der Waals surface area contributed by atoms with Gasteiger partial charge in [0, 0.05) is 29.9 Å². The zero-order valence-electron chi connectivity index (χ0n) is 12.3. The van der Waals surface area contributed by atoms with E-state index in [0.717, 1.165) is 24.8 Å². The van der Waals surface area contributed by atoms with Gasteiger partial charge >= 0.3 is 0 Å². The summed E-state index contributed by atoms with van der Waals surface area (Å²) in [6.45, 7) is 3.40. The Labute approximate surface area is 125 Å². The van der Waals surface area contributed by atoms with Gasteiger partial charge in [0.05, 0.1) is 6.20 Å². The second-order valence-corrected chi connectivity index (χ2v) is 6.31. The van der Waals surface area contributed by atoms with E-state index in [9.17, 15) is 0 Å². The highest BCUT2D eigenvalue weighted by Crippen LogP contribution is 2.30. The van der Waals surface area contributed by atoms with Crippen molar-refractivity contribution in [2.24, 2.45) is 5.92 Å². The Morgan fingerprint density at radius 2 is 2.10 bits per heavy atom. The third-order valence-corrected chi connectivity index (χ3v) is 4.98. The Bertz CT molecular complexity index is 616. The van der Waals surface area contributed by atoms with E-state index < -0.39 is 0 Å². The van der Waals surface area contributed by atoms with Crippen LogP contribution in [0.25, 0.3) is 10.8 Å². The van der Waals surface area contributed by atoms with Crippen molar-refractivity contribution in [2.45, 2.75) is 31.7 Å². The topological polar surface area (TPSA) is 41.0 Å². The lowest BCUT2D eigenvalue weighted by atomic mass is 9.89. The van der Waals surface area contributed by atoms with Crippen LogP contribution in [-0.4, -0.2) is 35.9 Å². The minimum Gasteiger partial charge on any atom is -0.354 e. The van der Waals surface area contributed by atoms with Gasteiger partial charge in [-0.05, 0) is 38.1 Å². The van der Waals surface area contributed by atoms with Gasteiger partial charge in [-0.25, -0.2) is 0 Å². The van der Waals surface area contributed by atoms with E-state index in [1.54, 1.807) is 0 Å². The molecular weight excluding hydrogens is 260 g/mol. The number of hydrogen-bond acceptors (Lipinski definition) is 4. The summed E-state index contributed by atoms with van der Waals surface area (Å²) in [5, 5.41) is 14.7. The predicted octanol–water partition coefficient (Wildman–Crippen LogP) is 2.60. The largest absolute Gasteiger partial charge is 0.354 e. The molecule has 0 aliphatic carbocycles. The third kappa shape index (κ3) is 2.48. The van der Waals surface area contributed by atoms with E-state index in [0.29, 0.717) is 6.04 Å². The Morgan fingerprint density at radius 3 is 3.00 bits per heavy atom. The first-order valence-electron chi connectivity index (χ1n) is 8.10. The van der Waals surface area contributed by atoms with Crippen LogP contribution in [0.2, 0.25) is 0 Å². The summed E-state index contributed by atoms with van der Waals surface area (Å²) in [4.78, 5) is 2.45. The molecule has 21 heavy (non-hydrogen) atoms. The molecule has 2 aliphatic heterocycles. The summed E-state index contributed by atoms with van der Waals surface area (Å²) in [5.74, 6) is 1.82. The van der Waals surface area contributed by atoms with Crippen molar-refractivity contribution in [2.75, 3.05) is 24.5 Å². The summed E-state index contributed by atoms with van der Waals surface area (Å²) in [5.41, 5.74) is 0. The quantitative estimate of drug-likeness (QED) is 0.919. The Balaban J connectivity index is 1.62. The van der Waals surface area contributed by atoms with Crippen LogP contribution in [-0.2, 0) is 0 Å². The monoisotopic (exact) mass is 282 g/mol. The summed E-state index contributed by atoms with van der Waals surface area (Å²) < 4.78 is 0. The highest BCUT2D eigenvalue weighted by atomic mass is 15.3. The second kappa shape index (κ2) is 5.60. The number of nitrogens with zero attached hydrogens (tertiary/aromatic N) is 3. The molecule has 2 aromatic rings. The maximum atomic E-state index is 4.45. The first-order valence-corrected chi connectivity index (χ1v) is 8.10. The Kier molecular flexibility index (Phi) is 3.47. The normalized spacial score (nSPS) is 26.4. The average molecular weight is 282 g/mol. The molecule has 4 nitrogen and oxygen atoms in total. The molecule has 0 saturated carbocycles. The fourth-order valence-corrected chi connectivity index (χ4v) is 3.89. The van der Waals surface area contributed by atoms with Crippen LogP contribution in [0.4, 0.5) is 5.82 Å². The molecule has 4 rings (SSSR count). The van der Waals surface area contributed by atoms with Crippen LogP contribution >= 0.6 is 0 Å². The van der Waals surface area contributed by atoms with E-state index in [1.165, 1.54) is 43.0 Å². The van der Waals surface area contributed by atoms with Gasteiger partial charge in [0.2, 0.25) is 0 Å². The van der Waals surface area contributed by atoms with Gasteiger partial charge in [-0.1, -0.05) is 24.3 Å². The van der Waals surface area contributed by atoms with Crippen molar-refractivity contribution >= 4 is 16.6 Å². The first kappa shape index (κ1) is 13.0. The van der Waals surface area contributed by atoms with E-state index in [-0.39, 0.29) is 0 Å². The summed E-state index contributed by atoms with van der Waals surface area (Å²) in [7, 11) is 0. The maximum absolute atomic E-state index is 4.45. The standard InChI is InChI=1S/C17H22N4/c1-2-7-15-13(5-1)11-19-20-17(15)21-10-4-6-14(12-21)16-8-3-9-18-16/h1-2,5,7,11,14,16,18H,3-4,6,8-10,12H2. The van der Waals surface area contributed by atoms with Gasteiger partial charge in [0.25, 0.3) is 0 Å². The molecule has 0 bridgehead atoms. The number of anilines is 1. The molecule has 2 fully saturated rings. The molecule has 3 heterocycles. The first-order chi connectivity index (χ1) is 10.4. The van der Waals surface area contributed by atoms with Crippen LogP contribution < -0.4 is 10.2 Å². The summed E-state index contributed by atoms with van der Waals surface area (Å²) >= 11 is 0. The number of rotatable bonds is 2. The van der Waals surface area contributed by atoms with Gasteiger partial charge in [0.1, 0.15) is 0 Å². The molecule has 4 heteroatoms. The molecule has 2 aliphatic rings. The Morgan fingerprint density at radius 1 is 1.14 bits per heavy atom. The molecule has 0 radical (unpaired) electrons. The number of benzene rings is 1. The van der Waals surface area contributed by atoms with Crippen LogP contribution in [0.3, 0.4) is 0 Å². The molecular formula is C17H22N4. The molecule has 0 spiro atoms. The van der Waals surface area contributed by atoms with Crippen LogP contribution in [0, 0.1) is 5.92 Å². The van der Waals surface area contributed by atoms with E-state index in [4.69, 9.17) is 0 Å². The molecule has 1 N–H and O–H groups in total. The third-order valence-electron chi connectivity index (χ3n) is 4.98. The maximum Gasteiger partial charge on any atom is 0.159 e. The smallest absolute Gasteiger partial charge is 0.159 e. The minimum atomic E-state index is 0.704. The van der Waals surface area contributed by atoms with Crippen molar-refractivity contribution in [3.8, 4) is 0 Å². The van der Waals surface area contributed by atoms with E-state index in [2.05, 4.69) is 44.7 Å². The number of aromatic nitrogens is 2. The predicted molar refractivity (Wildman–Crippen MR) is 85.5 cm³/mol. The summed E-state index contributed by atoms with van der Waals surface area (Å²) in [6.07, 6.45) is 7.12. The highest BCUT2D eigenvalue weighted by molar-refractivity contribution is 5.91. The zero-order valence-corrected chi connectivity index (χ0v) is 12.3. The van der Waals surface area contributed by atoms with Crippen LogP contribution in [0.1, 0.15) is 25.7 Å². The molecule has 2 saturated heterocycles. The molecule has 2 atom stereocenters. The fourth-order valence-electron chi connectivity index (χ4n) is 3.89. The van der Waals surface area contributed by atoms with E-state index in [1.807, 2.05) is 6.20 Å². The van der Waals surface area contributed by atoms with Crippen molar-refractivity contribution in [3.05, 3.63) is 30.5 Å². The number of piperidine rings is 1. The molecule has 110 valence electrons. The van der Waals surface area contributed by atoms with Gasteiger partial charge in [-0.2, -0.15) is 5.10 Å². The average Bonchev–Trinajstić information content (AvgIpc) is 3.09. The lowest BCUT2D eigenvalue weighted by Crippen LogP contribution is -2.44. The van der Waals surface area contributed by atoms with Gasteiger partial charge in [-0.3, -0.25) is 0 Å². The van der Waals surface area contributed by atoms with E-state index >= 15 is 0 Å². The molecule has 1 aromatic heterocycles. The highest BCUT2D eigenvalue weighted by Gasteiger charge is 2.30. The molecule has 2 unspecified atom stereocenters. The van der Waals surface area contributed by atoms with Gasteiger partial charge < -0.3 is 10.2 Å². The number of fused-ring (bicyclic) bond motifs is 1. The molecule has 0 amide bonds. The SMILES string of the molecule is c1ccc2c(N3CCCC(C4CCCN4)C3)nncc2c1. The van der Waals surface area contributed by atoms with Crippen molar-refractivity contribution in [1.82, 2.24) is 15.5 Å². The van der Waals surface area contributed by atoms with Crippen molar-refractivity contribution in [3.63, 3.8) is 0 Å². The Hall–Kier alpha value is -1.68. The zero-order chi connectivity index (χ0) is 14.1. The lowest BCUT2D eigenvalue weighted by molar-refractivity contribution is 0.328. The van der Waals surface area contributed by atoms with Crippen molar-refractivity contribution in [1.29, 1.82) is 0 Å².